The number of aromatic amines is 1. The summed E-state index contributed by atoms with van der Waals surface area (Å²) in [5.74, 6) is 0.859. The largest absolute Gasteiger partial charge is 0.326 e. The Morgan fingerprint density at radius 2 is 1.96 bits per heavy atom. The molecule has 1 saturated heterocycles. The Balaban J connectivity index is 1.53. The molecule has 1 aliphatic heterocycles. The topological polar surface area (TPSA) is 41.0 Å². The van der Waals surface area contributed by atoms with Gasteiger partial charge in [-0.3, -0.25) is 4.57 Å². The molecule has 4 heteroatoms. The van der Waals surface area contributed by atoms with Crippen molar-refractivity contribution in [2.24, 2.45) is 5.92 Å². The minimum absolute atomic E-state index is 0.0445. The molecule has 0 aliphatic carbocycles. The van der Waals surface area contributed by atoms with Gasteiger partial charge in [0.25, 0.3) is 0 Å². The Morgan fingerprint density at radius 3 is 2.71 bits per heavy atom. The average molecular weight is 329 g/mol. The summed E-state index contributed by atoms with van der Waals surface area (Å²) in [6.45, 7) is 8.08. The van der Waals surface area contributed by atoms with E-state index in [1.165, 1.54) is 32.2 Å². The van der Waals surface area contributed by atoms with Gasteiger partial charge in [0.1, 0.15) is 0 Å². The van der Waals surface area contributed by atoms with Crippen LogP contribution in [0.3, 0.4) is 0 Å². The molecule has 1 aromatic heterocycles. The van der Waals surface area contributed by atoms with Gasteiger partial charge < -0.3 is 9.88 Å². The van der Waals surface area contributed by atoms with Crippen molar-refractivity contribution in [1.82, 2.24) is 14.5 Å². The number of likely N-dealkylation sites (tertiary alicyclic amines) is 1. The van der Waals surface area contributed by atoms with Crippen molar-refractivity contribution in [2.45, 2.75) is 58.4 Å². The van der Waals surface area contributed by atoms with Crippen LogP contribution in [0.4, 0.5) is 0 Å². The number of nitrogens with zero attached hydrogens (tertiary/aromatic N) is 2. The number of aromatic nitrogens is 2. The van der Waals surface area contributed by atoms with Crippen molar-refractivity contribution in [3.05, 3.63) is 34.7 Å². The van der Waals surface area contributed by atoms with Crippen LogP contribution >= 0.6 is 0 Å². The summed E-state index contributed by atoms with van der Waals surface area (Å²) in [5.41, 5.74) is 2.05. The van der Waals surface area contributed by atoms with Gasteiger partial charge >= 0.3 is 5.69 Å². The van der Waals surface area contributed by atoms with Gasteiger partial charge in [0, 0.05) is 19.1 Å². The summed E-state index contributed by atoms with van der Waals surface area (Å²) in [6, 6.07) is 8.36. The van der Waals surface area contributed by atoms with Crippen LogP contribution in [0.2, 0.25) is 0 Å². The van der Waals surface area contributed by atoms with Crippen molar-refractivity contribution in [3.8, 4) is 0 Å². The van der Waals surface area contributed by atoms with E-state index in [1.807, 2.05) is 22.8 Å². The molecule has 2 heterocycles. The highest BCUT2D eigenvalue weighted by Crippen LogP contribution is 2.25. The van der Waals surface area contributed by atoms with E-state index in [-0.39, 0.29) is 5.69 Å². The lowest BCUT2D eigenvalue weighted by molar-refractivity contribution is 0.181. The maximum Gasteiger partial charge on any atom is 0.326 e. The van der Waals surface area contributed by atoms with E-state index >= 15 is 0 Å². The first-order chi connectivity index (χ1) is 11.7. The molecule has 0 amide bonds. The van der Waals surface area contributed by atoms with Crippen molar-refractivity contribution in [3.63, 3.8) is 0 Å². The molecular weight excluding hydrogens is 298 g/mol. The smallest absolute Gasteiger partial charge is 0.306 e. The zero-order valence-electron chi connectivity index (χ0n) is 15.1. The molecular formula is C20H31N3O. The summed E-state index contributed by atoms with van der Waals surface area (Å²) in [7, 11) is 0. The molecule has 1 atom stereocenters. The Hall–Kier alpha value is -1.55. The van der Waals surface area contributed by atoms with Crippen LogP contribution in [0, 0.1) is 5.92 Å². The zero-order chi connectivity index (χ0) is 16.9. The molecule has 0 radical (unpaired) electrons. The van der Waals surface area contributed by atoms with Gasteiger partial charge in [-0.2, -0.15) is 0 Å². The molecule has 2 aromatic rings. The number of rotatable bonds is 7. The first-order valence-corrected chi connectivity index (χ1v) is 9.60. The van der Waals surface area contributed by atoms with Crippen LogP contribution in [0.5, 0.6) is 0 Å². The molecule has 4 nitrogen and oxygen atoms in total. The summed E-state index contributed by atoms with van der Waals surface area (Å²) >= 11 is 0. The number of fused-ring (bicyclic) bond motifs is 1. The maximum absolute atomic E-state index is 12.3. The molecule has 1 fully saturated rings. The summed E-state index contributed by atoms with van der Waals surface area (Å²) < 4.78 is 1.98. The van der Waals surface area contributed by atoms with E-state index in [2.05, 4.69) is 29.8 Å². The molecule has 1 aliphatic rings. The minimum atomic E-state index is 0.0445. The second kappa shape index (κ2) is 8.02. The third-order valence-corrected chi connectivity index (χ3v) is 5.50. The number of benzene rings is 1. The highest BCUT2D eigenvalue weighted by molar-refractivity contribution is 5.75. The maximum atomic E-state index is 12.3. The van der Waals surface area contributed by atoms with Gasteiger partial charge in [0.15, 0.2) is 0 Å². The van der Waals surface area contributed by atoms with Crippen LogP contribution in [0.15, 0.2) is 29.1 Å². The Labute approximate surface area is 144 Å². The highest BCUT2D eigenvalue weighted by atomic mass is 16.1. The summed E-state index contributed by atoms with van der Waals surface area (Å²) in [5, 5.41) is 0. The van der Waals surface area contributed by atoms with Crippen molar-refractivity contribution < 1.29 is 0 Å². The van der Waals surface area contributed by atoms with E-state index in [1.54, 1.807) is 0 Å². The molecule has 1 unspecified atom stereocenters. The number of imidazole rings is 1. The van der Waals surface area contributed by atoms with E-state index in [0.717, 1.165) is 42.9 Å². The van der Waals surface area contributed by atoms with Crippen molar-refractivity contribution in [1.29, 1.82) is 0 Å². The van der Waals surface area contributed by atoms with Crippen LogP contribution in [0.1, 0.15) is 58.4 Å². The number of para-hydroxylation sites is 2. The third-order valence-electron chi connectivity index (χ3n) is 5.50. The molecule has 132 valence electrons. The zero-order valence-corrected chi connectivity index (χ0v) is 15.1. The quantitative estimate of drug-likeness (QED) is 0.828. The fraction of sp³-hybridized carbons (Fsp3) is 0.650. The molecule has 0 spiro atoms. The number of hydrogen-bond acceptors (Lipinski definition) is 2. The van der Waals surface area contributed by atoms with Gasteiger partial charge in [-0.15, -0.1) is 0 Å². The number of hydrogen-bond donors (Lipinski definition) is 1. The van der Waals surface area contributed by atoms with Crippen LogP contribution in [-0.4, -0.2) is 34.1 Å². The summed E-state index contributed by atoms with van der Waals surface area (Å²) in [6.07, 6.45) is 7.45. The number of H-pyrrole nitrogens is 1. The monoisotopic (exact) mass is 329 g/mol. The van der Waals surface area contributed by atoms with E-state index in [9.17, 15) is 4.79 Å². The SMILES string of the molecule is CCCC(C)CCCN1CCC(n2c(=O)[nH]c3ccccc32)CC1. The molecule has 1 aromatic carbocycles. The molecule has 0 saturated carbocycles. The predicted molar refractivity (Wildman–Crippen MR) is 101 cm³/mol. The third kappa shape index (κ3) is 3.92. The normalized spacial score (nSPS) is 18.2. The van der Waals surface area contributed by atoms with E-state index in [4.69, 9.17) is 0 Å². The van der Waals surface area contributed by atoms with E-state index in [0.29, 0.717) is 6.04 Å². The molecule has 24 heavy (non-hydrogen) atoms. The lowest BCUT2D eigenvalue weighted by atomic mass is 9.99. The highest BCUT2D eigenvalue weighted by Gasteiger charge is 2.23. The fourth-order valence-corrected chi connectivity index (χ4v) is 4.14. The van der Waals surface area contributed by atoms with Gasteiger partial charge in [-0.1, -0.05) is 38.8 Å². The van der Waals surface area contributed by atoms with Gasteiger partial charge in [0.2, 0.25) is 0 Å². The average Bonchev–Trinajstić information content (AvgIpc) is 2.91. The Bertz CT molecular complexity index is 694. The van der Waals surface area contributed by atoms with Crippen LogP contribution in [0.25, 0.3) is 11.0 Å². The lowest BCUT2D eigenvalue weighted by Crippen LogP contribution is -2.37. The first kappa shape index (κ1) is 17.3. The Morgan fingerprint density at radius 1 is 1.21 bits per heavy atom. The first-order valence-electron chi connectivity index (χ1n) is 9.60. The molecule has 0 bridgehead atoms. The van der Waals surface area contributed by atoms with Gasteiger partial charge in [0.05, 0.1) is 11.0 Å². The molecule has 3 rings (SSSR count). The second-order valence-electron chi connectivity index (χ2n) is 7.43. The van der Waals surface area contributed by atoms with Crippen molar-refractivity contribution in [2.75, 3.05) is 19.6 Å². The van der Waals surface area contributed by atoms with Crippen molar-refractivity contribution >= 4 is 11.0 Å². The number of nitrogens with one attached hydrogen (secondary N) is 1. The van der Waals surface area contributed by atoms with Gasteiger partial charge in [-0.25, -0.2) is 4.79 Å². The fourth-order valence-electron chi connectivity index (χ4n) is 4.14. The Kier molecular flexibility index (Phi) is 5.77. The predicted octanol–water partition coefficient (Wildman–Crippen LogP) is 4.18. The minimum Gasteiger partial charge on any atom is -0.306 e. The van der Waals surface area contributed by atoms with Crippen LogP contribution < -0.4 is 5.69 Å². The number of piperidine rings is 1. The van der Waals surface area contributed by atoms with Gasteiger partial charge in [-0.05, 0) is 50.3 Å². The van der Waals surface area contributed by atoms with Crippen LogP contribution in [-0.2, 0) is 0 Å². The molecule has 1 N–H and O–H groups in total. The standard InChI is InChI=1S/C20H31N3O/c1-3-7-16(2)8-6-13-22-14-11-17(12-15-22)23-19-10-5-4-9-18(19)21-20(23)24/h4-5,9-10,16-17H,3,6-8,11-15H2,1-2H3,(H,21,24). The summed E-state index contributed by atoms with van der Waals surface area (Å²) in [4.78, 5) is 17.9. The van der Waals surface area contributed by atoms with E-state index < -0.39 is 0 Å². The lowest BCUT2D eigenvalue weighted by Gasteiger charge is -2.32. The second-order valence-corrected chi connectivity index (χ2v) is 7.43.